The first kappa shape index (κ1) is 18.4. The number of likely N-dealkylation sites (tertiary alicyclic amines) is 1. The lowest BCUT2D eigenvalue weighted by molar-refractivity contribution is 0.459. The van der Waals surface area contributed by atoms with Crippen LogP contribution in [0.5, 0.6) is 0 Å². The maximum Gasteiger partial charge on any atom is 0.193 e. The minimum atomic E-state index is 0.700. The molecule has 6 heteroatoms. The molecule has 0 spiro atoms. The fourth-order valence-electron chi connectivity index (χ4n) is 3.57. The maximum absolute atomic E-state index is 4.84. The van der Waals surface area contributed by atoms with Crippen molar-refractivity contribution in [3.05, 3.63) is 48.0 Å². The number of hydrogen-bond acceptors (Lipinski definition) is 3. The Balaban J connectivity index is 1.55. The fourth-order valence-corrected chi connectivity index (χ4v) is 3.57. The predicted molar refractivity (Wildman–Crippen MR) is 105 cm³/mol. The van der Waals surface area contributed by atoms with Gasteiger partial charge in [-0.15, -0.1) is 10.2 Å². The Hall–Kier alpha value is -2.37. The van der Waals surface area contributed by atoms with E-state index in [0.29, 0.717) is 5.92 Å². The molecule has 1 fully saturated rings. The molecule has 26 heavy (non-hydrogen) atoms. The van der Waals surface area contributed by atoms with Gasteiger partial charge in [0.15, 0.2) is 5.96 Å². The van der Waals surface area contributed by atoms with Gasteiger partial charge in [0.25, 0.3) is 0 Å². The highest BCUT2D eigenvalue weighted by molar-refractivity contribution is 5.80. The zero-order chi connectivity index (χ0) is 18.2. The molecule has 6 nitrogen and oxygen atoms in total. The van der Waals surface area contributed by atoms with Gasteiger partial charge in [0.1, 0.15) is 12.2 Å². The van der Waals surface area contributed by atoms with Crippen molar-refractivity contribution in [3.63, 3.8) is 0 Å². The molecule has 0 amide bonds. The van der Waals surface area contributed by atoms with Gasteiger partial charge in [-0.1, -0.05) is 37.3 Å². The van der Waals surface area contributed by atoms with Gasteiger partial charge < -0.3 is 14.8 Å². The number of benzene rings is 1. The molecule has 0 aliphatic carbocycles. The number of rotatable bonds is 7. The Morgan fingerprint density at radius 2 is 2.12 bits per heavy atom. The van der Waals surface area contributed by atoms with Crippen molar-refractivity contribution >= 4 is 5.96 Å². The predicted octanol–water partition coefficient (Wildman–Crippen LogP) is 2.37. The summed E-state index contributed by atoms with van der Waals surface area (Å²) >= 11 is 0. The van der Waals surface area contributed by atoms with Crippen molar-refractivity contribution in [2.45, 2.75) is 39.7 Å². The van der Waals surface area contributed by atoms with Crippen LogP contribution in [0, 0.1) is 5.92 Å². The minimum absolute atomic E-state index is 0.700. The van der Waals surface area contributed by atoms with Crippen LogP contribution in [0.3, 0.4) is 0 Å². The van der Waals surface area contributed by atoms with Gasteiger partial charge in [0.2, 0.25) is 0 Å². The third-order valence-electron chi connectivity index (χ3n) is 4.90. The molecule has 3 rings (SSSR count). The van der Waals surface area contributed by atoms with Gasteiger partial charge in [-0.2, -0.15) is 0 Å². The van der Waals surface area contributed by atoms with Crippen LogP contribution in [0.2, 0.25) is 0 Å². The molecule has 2 aromatic rings. The molecular weight excluding hydrogens is 324 g/mol. The van der Waals surface area contributed by atoms with Crippen molar-refractivity contribution in [2.75, 3.05) is 26.2 Å². The highest BCUT2D eigenvalue weighted by Crippen LogP contribution is 2.20. The molecule has 2 heterocycles. The Morgan fingerprint density at radius 1 is 1.27 bits per heavy atom. The maximum atomic E-state index is 4.84. The molecule has 0 saturated carbocycles. The van der Waals surface area contributed by atoms with E-state index in [1.807, 2.05) is 0 Å². The van der Waals surface area contributed by atoms with Gasteiger partial charge >= 0.3 is 0 Å². The highest BCUT2D eigenvalue weighted by Gasteiger charge is 2.24. The Kier molecular flexibility index (Phi) is 6.63. The molecule has 0 bridgehead atoms. The van der Waals surface area contributed by atoms with E-state index in [1.165, 1.54) is 12.0 Å². The number of hydrogen-bond donors (Lipinski definition) is 1. The van der Waals surface area contributed by atoms with E-state index in [2.05, 4.69) is 69.2 Å². The summed E-state index contributed by atoms with van der Waals surface area (Å²) in [6.45, 7) is 8.85. The van der Waals surface area contributed by atoms with E-state index in [-0.39, 0.29) is 0 Å². The van der Waals surface area contributed by atoms with E-state index >= 15 is 0 Å². The summed E-state index contributed by atoms with van der Waals surface area (Å²) in [5, 5.41) is 11.6. The van der Waals surface area contributed by atoms with Crippen molar-refractivity contribution in [1.29, 1.82) is 0 Å². The summed E-state index contributed by atoms with van der Waals surface area (Å²) in [7, 11) is 0. The van der Waals surface area contributed by atoms with Crippen molar-refractivity contribution in [1.82, 2.24) is 25.0 Å². The Labute approximate surface area is 156 Å². The quantitative estimate of drug-likeness (QED) is 0.613. The number of aryl methyl sites for hydroxylation is 1. The molecule has 140 valence electrons. The van der Waals surface area contributed by atoms with Crippen LogP contribution in [0.1, 0.15) is 31.7 Å². The number of guanidine groups is 1. The van der Waals surface area contributed by atoms with Crippen LogP contribution >= 0.6 is 0 Å². The topological polar surface area (TPSA) is 58.3 Å². The monoisotopic (exact) mass is 354 g/mol. The van der Waals surface area contributed by atoms with E-state index in [0.717, 1.165) is 57.3 Å². The van der Waals surface area contributed by atoms with Crippen LogP contribution in [-0.4, -0.2) is 51.8 Å². The van der Waals surface area contributed by atoms with Crippen LogP contribution in [0.4, 0.5) is 0 Å². The first-order chi connectivity index (χ1) is 12.8. The van der Waals surface area contributed by atoms with E-state index in [1.54, 1.807) is 6.33 Å². The SMILES string of the molecule is CCNC(=NCCn1cnnc1CC)N1CCC(Cc2ccccc2)C1. The van der Waals surface area contributed by atoms with E-state index in [4.69, 9.17) is 4.99 Å². The van der Waals surface area contributed by atoms with Crippen LogP contribution in [0.15, 0.2) is 41.7 Å². The molecule has 1 atom stereocenters. The summed E-state index contributed by atoms with van der Waals surface area (Å²) in [6.07, 6.45) is 5.08. The van der Waals surface area contributed by atoms with Crippen LogP contribution in [-0.2, 0) is 19.4 Å². The summed E-state index contributed by atoms with van der Waals surface area (Å²) in [4.78, 5) is 7.25. The molecule has 1 saturated heterocycles. The zero-order valence-corrected chi connectivity index (χ0v) is 15.9. The summed E-state index contributed by atoms with van der Waals surface area (Å²) in [6, 6.07) is 10.8. The fraction of sp³-hybridized carbons (Fsp3) is 0.550. The van der Waals surface area contributed by atoms with Crippen molar-refractivity contribution in [3.8, 4) is 0 Å². The zero-order valence-electron chi connectivity index (χ0n) is 15.9. The van der Waals surface area contributed by atoms with Crippen LogP contribution < -0.4 is 5.32 Å². The van der Waals surface area contributed by atoms with Gasteiger partial charge in [-0.05, 0) is 31.2 Å². The van der Waals surface area contributed by atoms with E-state index in [9.17, 15) is 0 Å². The average Bonchev–Trinajstić information content (AvgIpc) is 3.31. The number of aromatic nitrogens is 3. The molecule has 0 radical (unpaired) electrons. The third-order valence-corrected chi connectivity index (χ3v) is 4.90. The highest BCUT2D eigenvalue weighted by atomic mass is 15.3. The summed E-state index contributed by atoms with van der Waals surface area (Å²) in [5.74, 6) is 2.76. The lowest BCUT2D eigenvalue weighted by atomic mass is 9.99. The first-order valence-corrected chi connectivity index (χ1v) is 9.74. The second-order valence-corrected chi connectivity index (χ2v) is 6.82. The normalized spacial score (nSPS) is 17.7. The number of aliphatic imine (C=N–C) groups is 1. The van der Waals surface area contributed by atoms with Gasteiger partial charge in [0.05, 0.1) is 6.54 Å². The lowest BCUT2D eigenvalue weighted by Crippen LogP contribution is -2.40. The second kappa shape index (κ2) is 9.36. The molecule has 1 aliphatic heterocycles. The van der Waals surface area contributed by atoms with E-state index < -0.39 is 0 Å². The molecule has 1 unspecified atom stereocenters. The smallest absolute Gasteiger partial charge is 0.193 e. The van der Waals surface area contributed by atoms with Gasteiger partial charge in [-0.25, -0.2) is 0 Å². The standard InChI is InChI=1S/C20H30N6/c1-3-19-24-23-16-26(19)13-11-22-20(21-4-2)25-12-10-18(15-25)14-17-8-6-5-7-9-17/h5-9,16,18H,3-4,10-15H2,1-2H3,(H,21,22). The number of nitrogens with zero attached hydrogens (tertiary/aromatic N) is 5. The Morgan fingerprint density at radius 3 is 2.88 bits per heavy atom. The molecule has 1 aliphatic rings. The van der Waals surface area contributed by atoms with Crippen molar-refractivity contribution < 1.29 is 0 Å². The average molecular weight is 355 g/mol. The molecular formula is C20H30N6. The van der Waals surface area contributed by atoms with Gasteiger partial charge in [0, 0.05) is 32.6 Å². The number of nitrogens with one attached hydrogen (secondary N) is 1. The van der Waals surface area contributed by atoms with Crippen molar-refractivity contribution in [2.24, 2.45) is 10.9 Å². The first-order valence-electron chi connectivity index (χ1n) is 9.74. The van der Waals surface area contributed by atoms with Crippen LogP contribution in [0.25, 0.3) is 0 Å². The molecule has 1 aromatic carbocycles. The Bertz CT molecular complexity index is 693. The summed E-state index contributed by atoms with van der Waals surface area (Å²) < 4.78 is 2.09. The summed E-state index contributed by atoms with van der Waals surface area (Å²) in [5.41, 5.74) is 1.43. The molecule has 1 N–H and O–H groups in total. The minimum Gasteiger partial charge on any atom is -0.357 e. The van der Waals surface area contributed by atoms with Gasteiger partial charge in [-0.3, -0.25) is 4.99 Å². The largest absolute Gasteiger partial charge is 0.357 e. The molecule has 1 aromatic heterocycles. The lowest BCUT2D eigenvalue weighted by Gasteiger charge is -2.22. The third kappa shape index (κ3) is 4.84. The second-order valence-electron chi connectivity index (χ2n) is 6.82.